The van der Waals surface area contributed by atoms with E-state index in [1.165, 1.54) is 0 Å². The predicted octanol–water partition coefficient (Wildman–Crippen LogP) is -0.818. The van der Waals surface area contributed by atoms with E-state index in [9.17, 15) is 0 Å². The zero-order chi connectivity index (χ0) is 8.41. The lowest BCUT2D eigenvalue weighted by Gasteiger charge is -2.17. The first-order valence-electron chi connectivity index (χ1n) is 2.75. The predicted molar refractivity (Wildman–Crippen MR) is 37.9 cm³/mol. The minimum Gasteiger partial charge on any atom is -0.366 e. The van der Waals surface area contributed by atoms with Crippen molar-refractivity contribution in [1.29, 1.82) is 0 Å². The molecule has 0 amide bonds. The highest BCUT2D eigenvalue weighted by Gasteiger charge is 2.35. The highest BCUT2D eigenvalue weighted by atomic mass is 28.4. The van der Waals surface area contributed by atoms with Crippen LogP contribution in [-0.4, -0.2) is 31.8 Å². The van der Waals surface area contributed by atoms with Crippen LogP contribution in [-0.2, 0) is 9.15 Å². The Morgan fingerprint density at radius 1 is 0.900 bits per heavy atom. The smallest absolute Gasteiger partial charge is 0.366 e. The number of hydrogen-bond acceptors (Lipinski definition) is 5. The lowest BCUT2D eigenvalue weighted by molar-refractivity contribution is -0.187. The molecular weight excluding hydrogens is 172 g/mol. The fraction of sp³-hybridized carbons (Fsp3) is 1.00. The van der Waals surface area contributed by atoms with Crippen LogP contribution < -0.4 is 0 Å². The van der Waals surface area contributed by atoms with Crippen LogP contribution in [0, 0.1) is 0 Å². The lowest BCUT2D eigenvalue weighted by atomic mass is 11.8. The molecule has 0 radical (unpaired) electrons. The van der Waals surface area contributed by atoms with Gasteiger partial charge in [-0.1, -0.05) is 0 Å². The maximum absolute atomic E-state index is 8.31. The average molecular weight is 184 g/mol. The van der Waals surface area contributed by atoms with Crippen molar-refractivity contribution in [2.75, 3.05) is 0 Å². The molecule has 0 saturated carbocycles. The fourth-order valence-corrected chi connectivity index (χ4v) is 1.63. The van der Waals surface area contributed by atoms with Gasteiger partial charge in [0.25, 0.3) is 0 Å². The first kappa shape index (κ1) is 10.2. The molecule has 0 atom stereocenters. The van der Waals surface area contributed by atoms with Crippen LogP contribution in [0.4, 0.5) is 0 Å². The maximum Gasteiger partial charge on any atom is 0.698 e. The van der Waals surface area contributed by atoms with Crippen LogP contribution in [0.3, 0.4) is 0 Å². The number of hydrogen-bond donors (Lipinski definition) is 3. The SMILES string of the molecule is C[Si](C)(C)OO[Si](O)(O)O. The van der Waals surface area contributed by atoms with Crippen molar-refractivity contribution in [1.82, 2.24) is 0 Å². The van der Waals surface area contributed by atoms with Gasteiger partial charge in [-0.05, 0) is 19.6 Å². The molecule has 0 aliphatic rings. The first-order valence-corrected chi connectivity index (χ1v) is 7.90. The van der Waals surface area contributed by atoms with Crippen LogP contribution in [0.2, 0.25) is 19.6 Å². The molecule has 10 heavy (non-hydrogen) atoms. The van der Waals surface area contributed by atoms with Gasteiger partial charge in [-0.2, -0.15) is 0 Å². The van der Waals surface area contributed by atoms with E-state index < -0.39 is 17.4 Å². The molecular formula is C3H12O5Si2. The summed E-state index contributed by atoms with van der Waals surface area (Å²) in [5, 5.41) is 0. The Labute approximate surface area is 61.4 Å². The van der Waals surface area contributed by atoms with Gasteiger partial charge in [-0.3, -0.25) is 4.58 Å². The lowest BCUT2D eigenvalue weighted by Crippen LogP contribution is -2.42. The molecule has 0 aromatic heterocycles. The molecule has 0 spiro atoms. The van der Waals surface area contributed by atoms with E-state index >= 15 is 0 Å². The average Bonchev–Trinajstić information content (AvgIpc) is 1.57. The molecule has 0 aromatic carbocycles. The van der Waals surface area contributed by atoms with E-state index in [1.54, 1.807) is 19.6 Å². The molecule has 0 aromatic rings. The van der Waals surface area contributed by atoms with Crippen LogP contribution in [0.15, 0.2) is 0 Å². The van der Waals surface area contributed by atoms with Crippen molar-refractivity contribution in [2.24, 2.45) is 0 Å². The summed E-state index contributed by atoms with van der Waals surface area (Å²) in [5.74, 6) is 0. The number of rotatable bonds is 3. The Bertz CT molecular complexity index is 88.4. The Hall–Kier alpha value is 0.234. The third kappa shape index (κ3) is 8.23. The summed E-state index contributed by atoms with van der Waals surface area (Å²) in [5.41, 5.74) is 0. The molecule has 0 heterocycles. The van der Waals surface area contributed by atoms with Crippen molar-refractivity contribution in [3.05, 3.63) is 0 Å². The molecule has 5 nitrogen and oxygen atoms in total. The van der Waals surface area contributed by atoms with Crippen molar-refractivity contribution in [3.63, 3.8) is 0 Å². The van der Waals surface area contributed by atoms with Gasteiger partial charge in [0.15, 0.2) is 0 Å². The zero-order valence-corrected chi connectivity index (χ0v) is 8.16. The van der Waals surface area contributed by atoms with E-state index in [2.05, 4.69) is 9.15 Å². The molecule has 0 aliphatic carbocycles. The quantitative estimate of drug-likeness (QED) is 0.303. The van der Waals surface area contributed by atoms with Gasteiger partial charge in [-0.15, -0.1) is 0 Å². The van der Waals surface area contributed by atoms with E-state index in [0.717, 1.165) is 0 Å². The van der Waals surface area contributed by atoms with Crippen molar-refractivity contribution >= 4 is 17.4 Å². The minimum absolute atomic E-state index is 1.78. The zero-order valence-electron chi connectivity index (χ0n) is 6.16. The monoisotopic (exact) mass is 184 g/mol. The molecule has 0 saturated heterocycles. The minimum atomic E-state index is -4.45. The molecule has 0 rings (SSSR count). The Balaban J connectivity index is 3.56. The highest BCUT2D eigenvalue weighted by Crippen LogP contribution is 2.04. The highest BCUT2D eigenvalue weighted by molar-refractivity contribution is 6.69. The van der Waals surface area contributed by atoms with Crippen molar-refractivity contribution in [2.45, 2.75) is 19.6 Å². The van der Waals surface area contributed by atoms with Crippen molar-refractivity contribution in [3.8, 4) is 0 Å². The van der Waals surface area contributed by atoms with E-state index in [1.807, 2.05) is 0 Å². The van der Waals surface area contributed by atoms with Gasteiger partial charge in [0.2, 0.25) is 8.32 Å². The molecule has 62 valence electrons. The summed E-state index contributed by atoms with van der Waals surface area (Å²) in [6.45, 7) is 5.35. The third-order valence-electron chi connectivity index (χ3n) is 0.403. The van der Waals surface area contributed by atoms with Crippen molar-refractivity contribution < 1.29 is 23.5 Å². The first-order chi connectivity index (χ1) is 4.21. The second-order valence-electron chi connectivity index (χ2n) is 2.85. The molecule has 0 aliphatic heterocycles. The van der Waals surface area contributed by atoms with Gasteiger partial charge in [-0.25, -0.2) is 4.58 Å². The Kier molecular flexibility index (Phi) is 3.16. The third-order valence-corrected chi connectivity index (χ3v) is 1.46. The molecule has 0 bridgehead atoms. The van der Waals surface area contributed by atoms with Crippen LogP contribution in [0.25, 0.3) is 0 Å². The molecule has 0 unspecified atom stereocenters. The van der Waals surface area contributed by atoms with Gasteiger partial charge in [0.1, 0.15) is 0 Å². The molecule has 7 heteroatoms. The van der Waals surface area contributed by atoms with Crippen LogP contribution in [0.1, 0.15) is 0 Å². The normalized spacial score (nSPS) is 13.8. The largest absolute Gasteiger partial charge is 0.698 e. The second-order valence-corrected chi connectivity index (χ2v) is 8.56. The van der Waals surface area contributed by atoms with Crippen LogP contribution in [0.5, 0.6) is 0 Å². The topological polar surface area (TPSA) is 79.2 Å². The summed E-state index contributed by atoms with van der Waals surface area (Å²) >= 11 is 0. The van der Waals surface area contributed by atoms with E-state index in [4.69, 9.17) is 14.4 Å². The van der Waals surface area contributed by atoms with E-state index in [-0.39, 0.29) is 0 Å². The molecule has 0 fully saturated rings. The fourth-order valence-electron chi connectivity index (χ4n) is 0.181. The second kappa shape index (κ2) is 3.09. The maximum atomic E-state index is 8.31. The summed E-state index contributed by atoms with van der Waals surface area (Å²) in [4.78, 5) is 24.9. The standard InChI is InChI=1S/C3H12O5Si2/c1-9(2,3)7-8-10(4,5)6/h4-6H,1-3H3. The Morgan fingerprint density at radius 2 is 1.30 bits per heavy atom. The summed E-state index contributed by atoms with van der Waals surface area (Å²) in [7, 11) is -6.39. The Morgan fingerprint density at radius 3 is 1.40 bits per heavy atom. The summed E-state index contributed by atoms with van der Waals surface area (Å²) in [6.07, 6.45) is 0. The summed E-state index contributed by atoms with van der Waals surface area (Å²) < 4.78 is 8.51. The van der Waals surface area contributed by atoms with Gasteiger partial charge in [0.05, 0.1) is 0 Å². The van der Waals surface area contributed by atoms with Gasteiger partial charge < -0.3 is 14.4 Å². The van der Waals surface area contributed by atoms with E-state index in [0.29, 0.717) is 0 Å². The van der Waals surface area contributed by atoms with Gasteiger partial charge >= 0.3 is 9.05 Å². The van der Waals surface area contributed by atoms with Gasteiger partial charge in [0, 0.05) is 0 Å². The summed E-state index contributed by atoms with van der Waals surface area (Å²) in [6, 6.07) is 0. The van der Waals surface area contributed by atoms with Crippen LogP contribution >= 0.6 is 0 Å². The molecule has 3 N–H and O–H groups in total.